The second-order valence-corrected chi connectivity index (χ2v) is 5.85. The van der Waals surface area contributed by atoms with Crippen LogP contribution in [0.4, 0.5) is 0 Å². The van der Waals surface area contributed by atoms with Crippen molar-refractivity contribution in [2.75, 3.05) is 0 Å². The van der Waals surface area contributed by atoms with Gasteiger partial charge < -0.3 is 9.84 Å². The highest BCUT2D eigenvalue weighted by Crippen LogP contribution is 2.33. The summed E-state index contributed by atoms with van der Waals surface area (Å²) in [5.41, 5.74) is 2.48. The normalized spacial score (nSPS) is 10.8. The summed E-state index contributed by atoms with van der Waals surface area (Å²) in [5.74, 6) is 0.360. The van der Waals surface area contributed by atoms with Crippen LogP contribution in [0.1, 0.15) is 0 Å². The second-order valence-electron chi connectivity index (χ2n) is 5.01. The molecule has 6 nitrogen and oxygen atoms in total. The third-order valence-corrected chi connectivity index (χ3v) is 4.33. The Kier molecular flexibility index (Phi) is 3.47. The van der Waals surface area contributed by atoms with Crippen molar-refractivity contribution in [1.82, 2.24) is 14.8 Å². The summed E-state index contributed by atoms with van der Waals surface area (Å²) in [4.78, 5) is 14.7. The fraction of sp³-hybridized carbons (Fsp3) is 0. The Morgan fingerprint density at radius 1 is 1.17 bits per heavy atom. The standard InChI is InChI=1S/C17H11N3O3S/c21-10-23-15-9-24-17(18-15)20-14-8-12(22)6-7-13(14)16(19-20)11-4-2-1-3-5-11/h1-10,22H. The van der Waals surface area contributed by atoms with Gasteiger partial charge in [0.05, 0.1) is 10.9 Å². The summed E-state index contributed by atoms with van der Waals surface area (Å²) in [6.07, 6.45) is 0. The summed E-state index contributed by atoms with van der Waals surface area (Å²) in [7, 11) is 0. The van der Waals surface area contributed by atoms with E-state index in [4.69, 9.17) is 4.74 Å². The van der Waals surface area contributed by atoms with Crippen LogP contribution < -0.4 is 4.74 Å². The van der Waals surface area contributed by atoms with Crippen LogP contribution in [0.3, 0.4) is 0 Å². The van der Waals surface area contributed by atoms with Gasteiger partial charge in [0.2, 0.25) is 11.0 Å². The molecule has 0 unspecified atom stereocenters. The first kappa shape index (κ1) is 14.4. The van der Waals surface area contributed by atoms with Crippen LogP contribution in [0.5, 0.6) is 11.6 Å². The number of aromatic hydroxyl groups is 1. The molecule has 0 spiro atoms. The molecule has 2 heterocycles. The number of aromatic nitrogens is 3. The fourth-order valence-electron chi connectivity index (χ4n) is 2.51. The number of phenolic OH excluding ortho intramolecular Hbond substituents is 1. The van der Waals surface area contributed by atoms with E-state index < -0.39 is 0 Å². The number of fused-ring (bicyclic) bond motifs is 1. The molecule has 7 heteroatoms. The third-order valence-electron chi connectivity index (χ3n) is 3.53. The molecule has 0 saturated heterocycles. The summed E-state index contributed by atoms with van der Waals surface area (Å²) in [6, 6.07) is 14.9. The fourth-order valence-corrected chi connectivity index (χ4v) is 3.21. The van der Waals surface area contributed by atoms with Gasteiger partial charge in [-0.25, -0.2) is 4.68 Å². The van der Waals surface area contributed by atoms with Gasteiger partial charge in [0.25, 0.3) is 6.47 Å². The van der Waals surface area contributed by atoms with Crippen molar-refractivity contribution in [1.29, 1.82) is 0 Å². The van der Waals surface area contributed by atoms with Crippen LogP contribution in [0, 0.1) is 0 Å². The third kappa shape index (κ3) is 2.40. The van der Waals surface area contributed by atoms with E-state index in [-0.39, 0.29) is 11.6 Å². The molecule has 24 heavy (non-hydrogen) atoms. The Morgan fingerprint density at radius 2 is 2.00 bits per heavy atom. The van der Waals surface area contributed by atoms with Gasteiger partial charge >= 0.3 is 0 Å². The highest BCUT2D eigenvalue weighted by molar-refractivity contribution is 7.12. The van der Waals surface area contributed by atoms with Gasteiger partial charge in [-0.3, -0.25) is 4.79 Å². The average Bonchev–Trinajstić information content (AvgIpc) is 3.20. The maximum atomic E-state index is 10.5. The Morgan fingerprint density at radius 3 is 2.79 bits per heavy atom. The van der Waals surface area contributed by atoms with E-state index >= 15 is 0 Å². The van der Waals surface area contributed by atoms with Gasteiger partial charge in [-0.2, -0.15) is 10.1 Å². The van der Waals surface area contributed by atoms with Gasteiger partial charge in [0, 0.05) is 17.0 Å². The number of benzene rings is 2. The first-order chi connectivity index (χ1) is 11.8. The molecule has 0 radical (unpaired) electrons. The number of hydrogen-bond acceptors (Lipinski definition) is 6. The quantitative estimate of drug-likeness (QED) is 0.578. The zero-order chi connectivity index (χ0) is 16.5. The SMILES string of the molecule is O=COc1csc(-n2nc(-c3ccccc3)c3ccc(O)cc32)n1. The van der Waals surface area contributed by atoms with Crippen molar-refractivity contribution in [3.05, 3.63) is 53.9 Å². The molecule has 1 N–H and O–H groups in total. The maximum absolute atomic E-state index is 10.5. The Bertz CT molecular complexity index is 1020. The minimum absolute atomic E-state index is 0.143. The van der Waals surface area contributed by atoms with Crippen LogP contribution in [-0.2, 0) is 4.79 Å². The monoisotopic (exact) mass is 337 g/mol. The topological polar surface area (TPSA) is 77.2 Å². The number of phenols is 1. The number of carbonyl (C=O) groups excluding carboxylic acids is 1. The highest BCUT2D eigenvalue weighted by atomic mass is 32.1. The van der Waals surface area contributed by atoms with Crippen molar-refractivity contribution in [3.8, 4) is 28.0 Å². The number of ether oxygens (including phenoxy) is 1. The predicted molar refractivity (Wildman–Crippen MR) is 90.5 cm³/mol. The van der Waals surface area contributed by atoms with Crippen LogP contribution in [0.25, 0.3) is 27.3 Å². The Labute approximate surface area is 140 Å². The smallest absolute Gasteiger partial charge is 0.299 e. The molecule has 0 atom stereocenters. The lowest BCUT2D eigenvalue weighted by molar-refractivity contribution is -0.120. The van der Waals surface area contributed by atoms with E-state index in [1.54, 1.807) is 22.2 Å². The molecule has 0 aliphatic carbocycles. The number of rotatable bonds is 4. The molecule has 0 bridgehead atoms. The molecule has 0 aliphatic heterocycles. The van der Waals surface area contributed by atoms with Gasteiger partial charge in [-0.05, 0) is 12.1 Å². The lowest BCUT2D eigenvalue weighted by atomic mass is 10.1. The summed E-state index contributed by atoms with van der Waals surface area (Å²) in [5, 5.41) is 17.6. The second kappa shape index (κ2) is 5.78. The maximum Gasteiger partial charge on any atom is 0.299 e. The average molecular weight is 337 g/mol. The lowest BCUT2D eigenvalue weighted by Gasteiger charge is -1.98. The summed E-state index contributed by atoms with van der Waals surface area (Å²) < 4.78 is 6.40. The Hall–Kier alpha value is -3.19. The minimum atomic E-state index is 0.143. The van der Waals surface area contributed by atoms with E-state index in [2.05, 4.69) is 10.1 Å². The van der Waals surface area contributed by atoms with Gasteiger partial charge in [-0.15, -0.1) is 0 Å². The zero-order valence-corrected chi connectivity index (χ0v) is 13.1. The molecule has 118 valence electrons. The van der Waals surface area contributed by atoms with Gasteiger partial charge in [0.15, 0.2) is 0 Å². The van der Waals surface area contributed by atoms with Crippen LogP contribution >= 0.6 is 11.3 Å². The van der Waals surface area contributed by atoms with Crippen molar-refractivity contribution < 1.29 is 14.6 Å². The van der Waals surface area contributed by atoms with Crippen LogP contribution in [0.2, 0.25) is 0 Å². The van der Waals surface area contributed by atoms with E-state index in [0.717, 1.165) is 22.2 Å². The minimum Gasteiger partial charge on any atom is -0.508 e. The molecule has 0 amide bonds. The number of nitrogens with zero attached hydrogens (tertiary/aromatic N) is 3. The number of hydrogen-bond donors (Lipinski definition) is 1. The molecular weight excluding hydrogens is 326 g/mol. The van der Waals surface area contributed by atoms with E-state index in [1.165, 1.54) is 11.3 Å². The molecule has 2 aromatic heterocycles. The van der Waals surface area contributed by atoms with Crippen LogP contribution in [-0.4, -0.2) is 26.3 Å². The summed E-state index contributed by atoms with van der Waals surface area (Å²) in [6.45, 7) is 0.335. The molecule has 0 aliphatic rings. The molecule has 4 rings (SSSR count). The van der Waals surface area contributed by atoms with Crippen LogP contribution in [0.15, 0.2) is 53.9 Å². The van der Waals surface area contributed by atoms with E-state index in [0.29, 0.717) is 11.6 Å². The molecule has 0 fully saturated rings. The zero-order valence-electron chi connectivity index (χ0n) is 12.3. The highest BCUT2D eigenvalue weighted by Gasteiger charge is 2.16. The first-order valence-corrected chi connectivity index (χ1v) is 7.97. The lowest BCUT2D eigenvalue weighted by Crippen LogP contribution is -1.96. The van der Waals surface area contributed by atoms with E-state index in [9.17, 15) is 9.90 Å². The molecule has 4 aromatic rings. The number of carbonyl (C=O) groups is 1. The van der Waals surface area contributed by atoms with Crippen molar-refractivity contribution in [3.63, 3.8) is 0 Å². The molecule has 2 aromatic carbocycles. The largest absolute Gasteiger partial charge is 0.508 e. The van der Waals surface area contributed by atoms with Gasteiger partial charge in [0.1, 0.15) is 11.4 Å². The molecular formula is C17H11N3O3S. The van der Waals surface area contributed by atoms with Crippen molar-refractivity contribution in [2.45, 2.75) is 0 Å². The van der Waals surface area contributed by atoms with Crippen molar-refractivity contribution in [2.24, 2.45) is 0 Å². The van der Waals surface area contributed by atoms with E-state index in [1.807, 2.05) is 36.4 Å². The predicted octanol–water partition coefficient (Wildman–Crippen LogP) is 3.39. The number of thiazole rings is 1. The Balaban J connectivity index is 1.94. The van der Waals surface area contributed by atoms with Gasteiger partial charge in [-0.1, -0.05) is 41.7 Å². The summed E-state index contributed by atoms with van der Waals surface area (Å²) >= 11 is 1.30. The molecule has 0 saturated carbocycles. The first-order valence-electron chi connectivity index (χ1n) is 7.09. The van der Waals surface area contributed by atoms with Crippen molar-refractivity contribution >= 4 is 28.7 Å².